The third-order valence-corrected chi connectivity index (χ3v) is 4.33. The third kappa shape index (κ3) is 6.01. The number of phenolic OH excluding ortho intramolecular Hbond substituents is 1. The Balaban J connectivity index is 2.48. The fourth-order valence-electron chi connectivity index (χ4n) is 1.29. The van der Waals surface area contributed by atoms with E-state index in [0.717, 1.165) is 12.3 Å². The molecule has 0 saturated carbocycles. The second kappa shape index (κ2) is 6.33. The van der Waals surface area contributed by atoms with Crippen molar-refractivity contribution in [3.8, 4) is 5.75 Å². The molecule has 0 heterocycles. The van der Waals surface area contributed by atoms with Crippen molar-refractivity contribution < 1.29 is 21.9 Å². The molecule has 19 heavy (non-hydrogen) atoms. The Bertz CT molecular complexity index is 625. The van der Waals surface area contributed by atoms with Gasteiger partial charge < -0.3 is 5.11 Å². The molecular weight excluding hydrogens is 292 g/mol. The maximum Gasteiger partial charge on any atom is 0.240 e. The highest BCUT2D eigenvalue weighted by molar-refractivity contribution is 7.89. The van der Waals surface area contributed by atoms with Gasteiger partial charge in [0, 0.05) is 13.1 Å². The molecule has 0 atom stereocenters. The first-order chi connectivity index (χ1) is 8.71. The topological polar surface area (TPSA) is 113 Å². The smallest absolute Gasteiger partial charge is 0.240 e. The van der Waals surface area contributed by atoms with Gasteiger partial charge in [-0.15, -0.1) is 0 Å². The van der Waals surface area contributed by atoms with E-state index in [-0.39, 0.29) is 23.7 Å². The number of hydrogen-bond acceptors (Lipinski definition) is 5. The first-order valence-corrected chi connectivity index (χ1v) is 8.81. The summed E-state index contributed by atoms with van der Waals surface area (Å²) < 4.78 is 49.7. The zero-order valence-electron chi connectivity index (χ0n) is 10.3. The van der Waals surface area contributed by atoms with E-state index in [1.165, 1.54) is 18.2 Å². The number of hydrogen-bond donors (Lipinski definition) is 3. The Morgan fingerprint density at radius 1 is 1.11 bits per heavy atom. The van der Waals surface area contributed by atoms with Gasteiger partial charge in [-0.1, -0.05) is 6.07 Å². The van der Waals surface area contributed by atoms with Crippen molar-refractivity contribution in [1.29, 1.82) is 0 Å². The number of phenols is 1. The second-order valence-corrected chi connectivity index (χ2v) is 7.52. The molecule has 0 aliphatic rings. The molecule has 3 N–H and O–H groups in total. The van der Waals surface area contributed by atoms with E-state index in [1.54, 1.807) is 0 Å². The van der Waals surface area contributed by atoms with E-state index in [0.29, 0.717) is 6.42 Å². The summed E-state index contributed by atoms with van der Waals surface area (Å²) in [6.45, 7) is 0.252. The second-order valence-electron chi connectivity index (χ2n) is 3.92. The molecule has 1 rings (SSSR count). The van der Waals surface area contributed by atoms with Crippen LogP contribution in [-0.4, -0.2) is 41.3 Å². The third-order valence-electron chi connectivity index (χ3n) is 2.14. The first-order valence-electron chi connectivity index (χ1n) is 5.44. The molecule has 0 saturated heterocycles. The van der Waals surface area contributed by atoms with Crippen LogP contribution in [0.3, 0.4) is 0 Å². The van der Waals surface area contributed by atoms with Crippen LogP contribution in [0.4, 0.5) is 0 Å². The number of sulfonamides is 2. The average molecular weight is 308 g/mol. The molecule has 0 radical (unpaired) electrons. The van der Waals surface area contributed by atoms with E-state index in [1.807, 2.05) is 0 Å². The van der Waals surface area contributed by atoms with Crippen molar-refractivity contribution >= 4 is 20.0 Å². The van der Waals surface area contributed by atoms with Crippen LogP contribution in [-0.2, 0) is 20.0 Å². The number of aromatic hydroxyl groups is 1. The summed E-state index contributed by atoms with van der Waals surface area (Å²) in [4.78, 5) is -0.0384. The van der Waals surface area contributed by atoms with Crippen molar-refractivity contribution in [1.82, 2.24) is 9.44 Å². The standard InChI is InChI=1S/C10H16N2O5S2/c1-18(14,15)11-6-3-7-12-19(16,17)10-5-2-4-9(13)8-10/h2,4-5,8,11-13H,3,6-7H2,1H3. The molecule has 9 heteroatoms. The molecule has 0 spiro atoms. The van der Waals surface area contributed by atoms with Crippen molar-refractivity contribution in [2.45, 2.75) is 11.3 Å². The zero-order chi connectivity index (χ0) is 14.5. The van der Waals surface area contributed by atoms with Crippen LogP contribution in [0, 0.1) is 0 Å². The summed E-state index contributed by atoms with van der Waals surface area (Å²) in [7, 11) is -6.94. The Hall–Kier alpha value is -1.16. The van der Waals surface area contributed by atoms with Crippen LogP contribution >= 0.6 is 0 Å². The van der Waals surface area contributed by atoms with Gasteiger partial charge in [0.05, 0.1) is 11.2 Å². The molecule has 0 unspecified atom stereocenters. The molecule has 0 amide bonds. The normalized spacial score (nSPS) is 12.5. The number of rotatable bonds is 7. The molecule has 0 bridgehead atoms. The van der Waals surface area contributed by atoms with Crippen LogP contribution in [0.15, 0.2) is 29.2 Å². The van der Waals surface area contributed by atoms with Gasteiger partial charge in [0.2, 0.25) is 20.0 Å². The fourth-order valence-corrected chi connectivity index (χ4v) is 2.91. The zero-order valence-corrected chi connectivity index (χ0v) is 12.0. The van der Waals surface area contributed by atoms with Crippen molar-refractivity contribution in [3.05, 3.63) is 24.3 Å². The van der Waals surface area contributed by atoms with E-state index < -0.39 is 20.0 Å². The Kier molecular flexibility index (Phi) is 5.29. The molecule has 7 nitrogen and oxygen atoms in total. The van der Waals surface area contributed by atoms with E-state index in [2.05, 4.69) is 9.44 Å². The molecule has 0 aliphatic heterocycles. The largest absolute Gasteiger partial charge is 0.508 e. The van der Waals surface area contributed by atoms with E-state index in [4.69, 9.17) is 0 Å². The van der Waals surface area contributed by atoms with Gasteiger partial charge in [-0.05, 0) is 24.6 Å². The molecule has 0 fully saturated rings. The monoisotopic (exact) mass is 308 g/mol. The van der Waals surface area contributed by atoms with Crippen molar-refractivity contribution in [2.24, 2.45) is 0 Å². The molecular formula is C10H16N2O5S2. The highest BCUT2D eigenvalue weighted by Gasteiger charge is 2.13. The summed E-state index contributed by atoms with van der Waals surface area (Å²) >= 11 is 0. The molecule has 0 aromatic heterocycles. The predicted octanol–water partition coefficient (Wildman–Crippen LogP) is -0.390. The lowest BCUT2D eigenvalue weighted by Gasteiger charge is -2.07. The van der Waals surface area contributed by atoms with Gasteiger partial charge in [0.25, 0.3) is 0 Å². The quantitative estimate of drug-likeness (QED) is 0.594. The Morgan fingerprint density at radius 2 is 1.74 bits per heavy atom. The van der Waals surface area contributed by atoms with Gasteiger partial charge >= 0.3 is 0 Å². The predicted molar refractivity (Wildman–Crippen MR) is 70.8 cm³/mol. The summed E-state index contributed by atoms with van der Waals surface area (Å²) in [6.07, 6.45) is 1.36. The fraction of sp³-hybridized carbons (Fsp3) is 0.400. The SMILES string of the molecule is CS(=O)(=O)NCCCNS(=O)(=O)c1cccc(O)c1. The maximum atomic E-state index is 11.8. The minimum absolute atomic E-state index is 0.0384. The van der Waals surface area contributed by atoms with Gasteiger partial charge in [0.1, 0.15) is 5.75 Å². The van der Waals surface area contributed by atoms with Crippen LogP contribution in [0.25, 0.3) is 0 Å². The van der Waals surface area contributed by atoms with Crippen LogP contribution in [0.2, 0.25) is 0 Å². The molecule has 1 aromatic carbocycles. The van der Waals surface area contributed by atoms with Crippen LogP contribution < -0.4 is 9.44 Å². The minimum Gasteiger partial charge on any atom is -0.508 e. The highest BCUT2D eigenvalue weighted by Crippen LogP contribution is 2.15. The molecule has 1 aromatic rings. The average Bonchev–Trinajstić information content (AvgIpc) is 2.27. The number of nitrogens with one attached hydrogen (secondary N) is 2. The lowest BCUT2D eigenvalue weighted by Crippen LogP contribution is -2.29. The Labute approximate surface area is 112 Å². The molecule has 0 aliphatic carbocycles. The van der Waals surface area contributed by atoms with Gasteiger partial charge in [0.15, 0.2) is 0 Å². The van der Waals surface area contributed by atoms with Crippen LogP contribution in [0.5, 0.6) is 5.75 Å². The van der Waals surface area contributed by atoms with Gasteiger partial charge in [-0.3, -0.25) is 0 Å². The van der Waals surface area contributed by atoms with Crippen molar-refractivity contribution in [2.75, 3.05) is 19.3 Å². The van der Waals surface area contributed by atoms with Crippen molar-refractivity contribution in [3.63, 3.8) is 0 Å². The van der Waals surface area contributed by atoms with E-state index in [9.17, 15) is 21.9 Å². The van der Waals surface area contributed by atoms with Crippen LogP contribution in [0.1, 0.15) is 6.42 Å². The maximum absolute atomic E-state index is 11.8. The van der Waals surface area contributed by atoms with Gasteiger partial charge in [-0.25, -0.2) is 26.3 Å². The first kappa shape index (κ1) is 15.9. The lowest BCUT2D eigenvalue weighted by molar-refractivity contribution is 0.473. The minimum atomic E-state index is -3.69. The summed E-state index contributed by atoms with van der Waals surface area (Å²) in [5, 5.41) is 9.21. The van der Waals surface area contributed by atoms with Gasteiger partial charge in [-0.2, -0.15) is 0 Å². The summed E-state index contributed by atoms with van der Waals surface area (Å²) in [5.41, 5.74) is 0. The Morgan fingerprint density at radius 3 is 2.32 bits per heavy atom. The summed E-state index contributed by atoms with van der Waals surface area (Å²) in [5.74, 6) is -0.137. The highest BCUT2D eigenvalue weighted by atomic mass is 32.2. The number of benzene rings is 1. The lowest BCUT2D eigenvalue weighted by atomic mass is 10.3. The molecule has 108 valence electrons. The van der Waals surface area contributed by atoms with E-state index >= 15 is 0 Å². The summed E-state index contributed by atoms with van der Waals surface area (Å²) in [6, 6.07) is 5.29.